The number of unbranched alkanes of at least 4 members (excludes halogenated alkanes) is 4. The number of hydrogen-bond acceptors (Lipinski definition) is 3. The van der Waals surface area contributed by atoms with E-state index in [-0.39, 0.29) is 6.10 Å². The van der Waals surface area contributed by atoms with E-state index in [1.165, 1.54) is 25.7 Å². The normalized spacial score (nSPS) is 12.4. The lowest BCUT2D eigenvalue weighted by Gasteiger charge is -2.15. The molecule has 0 aromatic carbocycles. The highest BCUT2D eigenvalue weighted by Gasteiger charge is 2.13. The molecule has 0 aliphatic heterocycles. The third kappa shape index (κ3) is 5.12. The van der Waals surface area contributed by atoms with Gasteiger partial charge in [0.2, 0.25) is 0 Å². The van der Waals surface area contributed by atoms with E-state index >= 15 is 0 Å². The molecule has 3 nitrogen and oxygen atoms in total. The summed E-state index contributed by atoms with van der Waals surface area (Å²) < 4.78 is 5.40. The first-order valence-corrected chi connectivity index (χ1v) is 7.77. The van der Waals surface area contributed by atoms with Gasteiger partial charge in [-0.05, 0) is 20.3 Å². The van der Waals surface area contributed by atoms with Crippen LogP contribution in [0, 0.1) is 13.8 Å². The molecule has 0 saturated heterocycles. The number of ether oxygens (including phenoxy) is 1. The van der Waals surface area contributed by atoms with Crippen LogP contribution in [0.15, 0.2) is 6.20 Å². The third-order valence-corrected chi connectivity index (χ3v) is 3.82. The molecule has 0 aliphatic rings. The van der Waals surface area contributed by atoms with Crippen LogP contribution in [-0.2, 0) is 6.42 Å². The maximum atomic E-state index is 10.1. The Bertz CT molecular complexity index is 404. The average Bonchev–Trinajstić information content (AvgIpc) is 2.42. The van der Waals surface area contributed by atoms with Gasteiger partial charge in [-0.25, -0.2) is 0 Å². The van der Waals surface area contributed by atoms with Crippen LogP contribution in [0.2, 0.25) is 0 Å². The van der Waals surface area contributed by atoms with Crippen molar-refractivity contribution in [3.63, 3.8) is 0 Å². The van der Waals surface area contributed by atoms with E-state index in [1.54, 1.807) is 7.11 Å². The largest absolute Gasteiger partial charge is 0.496 e. The van der Waals surface area contributed by atoms with Crippen molar-refractivity contribution in [2.24, 2.45) is 0 Å². The highest BCUT2D eigenvalue weighted by Crippen LogP contribution is 2.25. The molecular formula is C17H29NO2. The minimum atomic E-state index is -0.296. The van der Waals surface area contributed by atoms with Crippen molar-refractivity contribution in [1.82, 2.24) is 4.98 Å². The summed E-state index contributed by atoms with van der Waals surface area (Å²) in [4.78, 5) is 4.44. The average molecular weight is 279 g/mol. The fourth-order valence-electron chi connectivity index (χ4n) is 2.59. The zero-order valence-electron chi connectivity index (χ0n) is 13.4. The predicted octanol–water partition coefficient (Wildman–Crippen LogP) is 3.97. The van der Waals surface area contributed by atoms with Crippen LogP contribution in [0.1, 0.15) is 62.3 Å². The molecule has 1 atom stereocenters. The molecule has 3 heteroatoms. The smallest absolute Gasteiger partial charge is 0.128 e. The van der Waals surface area contributed by atoms with E-state index in [0.717, 1.165) is 35.4 Å². The zero-order valence-corrected chi connectivity index (χ0v) is 13.4. The van der Waals surface area contributed by atoms with Crippen molar-refractivity contribution in [3.05, 3.63) is 23.0 Å². The topological polar surface area (TPSA) is 42.4 Å². The molecule has 1 heterocycles. The van der Waals surface area contributed by atoms with Crippen molar-refractivity contribution >= 4 is 0 Å². The third-order valence-electron chi connectivity index (χ3n) is 3.82. The predicted molar refractivity (Wildman–Crippen MR) is 83.3 cm³/mol. The monoisotopic (exact) mass is 279 g/mol. The molecule has 0 bridgehead atoms. The Kier molecular flexibility index (Phi) is 7.60. The number of aromatic nitrogens is 1. The summed E-state index contributed by atoms with van der Waals surface area (Å²) in [6.45, 7) is 6.23. The van der Waals surface area contributed by atoms with Gasteiger partial charge in [0, 0.05) is 29.4 Å². The number of methoxy groups -OCH3 is 1. The van der Waals surface area contributed by atoms with E-state index in [9.17, 15) is 5.11 Å². The molecule has 0 aliphatic carbocycles. The van der Waals surface area contributed by atoms with Gasteiger partial charge < -0.3 is 9.84 Å². The van der Waals surface area contributed by atoms with Crippen LogP contribution < -0.4 is 4.74 Å². The van der Waals surface area contributed by atoms with E-state index < -0.39 is 0 Å². The molecule has 20 heavy (non-hydrogen) atoms. The summed E-state index contributed by atoms with van der Waals surface area (Å²) in [5.41, 5.74) is 3.05. The standard InChI is InChI=1S/C17H29NO2/c1-5-6-7-8-9-10-15(19)11-16-14(3)17(20-4)13(2)12-18-16/h12,15,19H,5-11H2,1-4H3. The fraction of sp³-hybridized carbons (Fsp3) is 0.706. The van der Waals surface area contributed by atoms with Crippen molar-refractivity contribution in [1.29, 1.82) is 0 Å². The molecule has 1 aromatic rings. The molecule has 1 aromatic heterocycles. The highest BCUT2D eigenvalue weighted by atomic mass is 16.5. The molecule has 0 spiro atoms. The Morgan fingerprint density at radius 1 is 1.20 bits per heavy atom. The minimum absolute atomic E-state index is 0.296. The van der Waals surface area contributed by atoms with Crippen molar-refractivity contribution < 1.29 is 9.84 Å². The summed E-state index contributed by atoms with van der Waals surface area (Å²) >= 11 is 0. The van der Waals surface area contributed by atoms with Gasteiger partial charge in [0.05, 0.1) is 13.2 Å². The van der Waals surface area contributed by atoms with E-state index in [1.807, 2.05) is 20.0 Å². The van der Waals surface area contributed by atoms with Crippen LogP contribution in [-0.4, -0.2) is 23.3 Å². The Morgan fingerprint density at radius 3 is 2.55 bits per heavy atom. The SMILES string of the molecule is CCCCCCCC(O)Cc1ncc(C)c(OC)c1C. The van der Waals surface area contributed by atoms with Crippen LogP contribution in [0.25, 0.3) is 0 Å². The van der Waals surface area contributed by atoms with Gasteiger partial charge >= 0.3 is 0 Å². The minimum Gasteiger partial charge on any atom is -0.496 e. The van der Waals surface area contributed by atoms with Crippen molar-refractivity contribution in [2.45, 2.75) is 71.8 Å². The number of nitrogens with zero attached hydrogens (tertiary/aromatic N) is 1. The number of aryl methyl sites for hydroxylation is 1. The van der Waals surface area contributed by atoms with Gasteiger partial charge in [-0.15, -0.1) is 0 Å². The van der Waals surface area contributed by atoms with E-state index in [4.69, 9.17) is 4.74 Å². The summed E-state index contributed by atoms with van der Waals surface area (Å²) in [7, 11) is 1.68. The Balaban J connectivity index is 2.47. The lowest BCUT2D eigenvalue weighted by Crippen LogP contribution is -2.13. The highest BCUT2D eigenvalue weighted by molar-refractivity contribution is 5.41. The second-order valence-electron chi connectivity index (χ2n) is 5.61. The Hall–Kier alpha value is -1.09. The van der Waals surface area contributed by atoms with E-state index in [0.29, 0.717) is 6.42 Å². The second kappa shape index (κ2) is 8.96. The van der Waals surface area contributed by atoms with Gasteiger partial charge in [-0.2, -0.15) is 0 Å². The summed E-state index contributed by atoms with van der Waals surface area (Å²) in [6, 6.07) is 0. The van der Waals surface area contributed by atoms with Crippen molar-refractivity contribution in [2.75, 3.05) is 7.11 Å². The molecule has 1 rings (SSSR count). The molecule has 1 N–H and O–H groups in total. The zero-order chi connectivity index (χ0) is 15.0. The molecule has 0 saturated carbocycles. The fourth-order valence-corrected chi connectivity index (χ4v) is 2.59. The van der Waals surface area contributed by atoms with Gasteiger partial charge in [-0.3, -0.25) is 4.98 Å². The first-order chi connectivity index (χ1) is 9.60. The van der Waals surface area contributed by atoms with Gasteiger partial charge in [0.25, 0.3) is 0 Å². The lowest BCUT2D eigenvalue weighted by molar-refractivity contribution is 0.159. The number of pyridine rings is 1. The summed E-state index contributed by atoms with van der Waals surface area (Å²) in [5, 5.41) is 10.1. The van der Waals surface area contributed by atoms with Crippen LogP contribution in [0.5, 0.6) is 5.75 Å². The second-order valence-corrected chi connectivity index (χ2v) is 5.61. The molecule has 114 valence electrons. The quantitative estimate of drug-likeness (QED) is 0.695. The molecule has 0 amide bonds. The number of hydrogen-bond donors (Lipinski definition) is 1. The molecule has 1 unspecified atom stereocenters. The van der Waals surface area contributed by atoms with E-state index in [2.05, 4.69) is 11.9 Å². The molecule has 0 fully saturated rings. The van der Waals surface area contributed by atoms with Crippen LogP contribution in [0.3, 0.4) is 0 Å². The molecule has 0 radical (unpaired) electrons. The van der Waals surface area contributed by atoms with Gasteiger partial charge in [-0.1, -0.05) is 39.0 Å². The Labute approximate surface area is 123 Å². The summed E-state index contributed by atoms with van der Waals surface area (Å²) in [5.74, 6) is 0.894. The number of rotatable bonds is 9. The maximum absolute atomic E-state index is 10.1. The number of aliphatic hydroxyl groups is 1. The first kappa shape index (κ1) is 17.0. The lowest BCUT2D eigenvalue weighted by atomic mass is 10.0. The number of aliphatic hydroxyl groups excluding tert-OH is 1. The van der Waals surface area contributed by atoms with Crippen LogP contribution in [0.4, 0.5) is 0 Å². The molecular weight excluding hydrogens is 250 g/mol. The van der Waals surface area contributed by atoms with Gasteiger partial charge in [0.15, 0.2) is 0 Å². The summed E-state index contributed by atoms with van der Waals surface area (Å²) in [6.07, 6.45) is 9.17. The van der Waals surface area contributed by atoms with Crippen molar-refractivity contribution in [3.8, 4) is 5.75 Å². The maximum Gasteiger partial charge on any atom is 0.128 e. The van der Waals surface area contributed by atoms with Crippen LogP contribution >= 0.6 is 0 Å². The first-order valence-electron chi connectivity index (χ1n) is 7.77. The Morgan fingerprint density at radius 2 is 1.90 bits per heavy atom. The van der Waals surface area contributed by atoms with Gasteiger partial charge in [0.1, 0.15) is 5.75 Å².